The first-order chi connectivity index (χ1) is 17.5. The molecular weight excluding hydrogens is 480 g/mol. The third-order valence-electron chi connectivity index (χ3n) is 13.1. The quantitative estimate of drug-likeness (QED) is 0.317. The molecule has 38 heavy (non-hydrogen) atoms. The van der Waals surface area contributed by atoms with Gasteiger partial charge in [0.1, 0.15) is 6.10 Å². The average molecular weight is 531 g/mol. The molecule has 3 N–H and O–H groups in total. The maximum atomic E-state index is 12.9. The molecule has 6 heteroatoms. The molecule has 10 atom stereocenters. The summed E-state index contributed by atoms with van der Waals surface area (Å²) in [7, 11) is 0. The Morgan fingerprint density at radius 1 is 0.947 bits per heavy atom. The Labute approximate surface area is 228 Å². The summed E-state index contributed by atoms with van der Waals surface area (Å²) < 4.78 is 5.77. The predicted molar refractivity (Wildman–Crippen MR) is 145 cm³/mol. The smallest absolute Gasteiger partial charge is 0.310 e. The van der Waals surface area contributed by atoms with E-state index in [2.05, 4.69) is 47.6 Å². The van der Waals surface area contributed by atoms with E-state index in [1.165, 1.54) is 12.5 Å². The van der Waals surface area contributed by atoms with E-state index < -0.39 is 22.9 Å². The van der Waals surface area contributed by atoms with Gasteiger partial charge in [0.25, 0.3) is 0 Å². The Bertz CT molecular complexity index is 1050. The molecule has 0 aromatic heterocycles. The van der Waals surface area contributed by atoms with Crippen LogP contribution in [0.4, 0.5) is 0 Å². The van der Waals surface area contributed by atoms with Gasteiger partial charge in [-0.3, -0.25) is 9.59 Å². The zero-order valence-corrected chi connectivity index (χ0v) is 24.6. The molecule has 0 spiro atoms. The minimum absolute atomic E-state index is 0.00313. The summed E-state index contributed by atoms with van der Waals surface area (Å²) in [5, 5.41) is 33.4. The first kappa shape index (κ1) is 28.1. The highest BCUT2D eigenvalue weighted by Gasteiger charge is 2.71. The Morgan fingerprint density at radius 3 is 2.24 bits per heavy atom. The van der Waals surface area contributed by atoms with Crippen molar-refractivity contribution in [2.75, 3.05) is 6.61 Å². The highest BCUT2D eigenvalue weighted by Crippen LogP contribution is 2.75. The van der Waals surface area contributed by atoms with Gasteiger partial charge >= 0.3 is 11.9 Å². The van der Waals surface area contributed by atoms with Gasteiger partial charge in [-0.25, -0.2) is 0 Å². The second kappa shape index (κ2) is 8.55. The molecule has 214 valence electrons. The van der Waals surface area contributed by atoms with Crippen LogP contribution in [0.2, 0.25) is 0 Å². The molecule has 0 amide bonds. The van der Waals surface area contributed by atoms with Gasteiger partial charge in [0.15, 0.2) is 0 Å². The lowest BCUT2D eigenvalue weighted by atomic mass is 9.34. The minimum atomic E-state index is -0.755. The molecule has 5 aliphatic carbocycles. The molecular formula is C32H50O6. The van der Waals surface area contributed by atoms with Gasteiger partial charge in [0.2, 0.25) is 0 Å². The fourth-order valence-corrected chi connectivity index (χ4v) is 11.5. The number of rotatable bonds is 3. The van der Waals surface area contributed by atoms with Crippen LogP contribution >= 0.6 is 0 Å². The van der Waals surface area contributed by atoms with Gasteiger partial charge in [-0.1, -0.05) is 53.2 Å². The second-order valence-electron chi connectivity index (χ2n) is 15.7. The molecule has 5 aliphatic rings. The highest BCUT2D eigenvalue weighted by atomic mass is 16.5. The summed E-state index contributed by atoms with van der Waals surface area (Å²) in [5.74, 6) is -0.861. The van der Waals surface area contributed by atoms with Crippen molar-refractivity contribution in [1.82, 2.24) is 0 Å². The normalized spacial score (nSPS) is 51.4. The Morgan fingerprint density at radius 2 is 1.63 bits per heavy atom. The molecule has 0 bridgehead atoms. The molecule has 0 aromatic carbocycles. The summed E-state index contributed by atoms with van der Waals surface area (Å²) >= 11 is 0. The molecule has 0 saturated heterocycles. The molecule has 4 fully saturated rings. The molecule has 0 aromatic rings. The van der Waals surface area contributed by atoms with Crippen LogP contribution < -0.4 is 0 Å². The van der Waals surface area contributed by atoms with Crippen LogP contribution in [0.1, 0.15) is 106 Å². The van der Waals surface area contributed by atoms with Crippen LogP contribution in [0, 0.1) is 50.2 Å². The zero-order valence-electron chi connectivity index (χ0n) is 24.6. The number of carboxylic acids is 1. The number of aliphatic carboxylic acids is 1. The summed E-state index contributed by atoms with van der Waals surface area (Å²) in [5.41, 5.74) is -0.684. The Hall–Kier alpha value is -1.40. The van der Waals surface area contributed by atoms with Crippen molar-refractivity contribution in [2.24, 2.45) is 50.2 Å². The van der Waals surface area contributed by atoms with Gasteiger partial charge < -0.3 is 20.1 Å². The molecule has 1 unspecified atom stereocenters. The van der Waals surface area contributed by atoms with Gasteiger partial charge in [-0.15, -0.1) is 0 Å². The largest absolute Gasteiger partial charge is 0.481 e. The van der Waals surface area contributed by atoms with Crippen molar-refractivity contribution in [2.45, 2.75) is 118 Å². The number of carboxylic acid groups (broad SMARTS) is 1. The number of aliphatic hydroxyl groups excluding tert-OH is 2. The van der Waals surface area contributed by atoms with Crippen molar-refractivity contribution in [1.29, 1.82) is 0 Å². The predicted octanol–water partition coefficient (Wildman–Crippen LogP) is 5.75. The monoisotopic (exact) mass is 530 g/mol. The van der Waals surface area contributed by atoms with Crippen molar-refractivity contribution >= 4 is 11.9 Å². The maximum absolute atomic E-state index is 12.9. The molecule has 6 nitrogen and oxygen atoms in total. The summed E-state index contributed by atoms with van der Waals surface area (Å²) in [6.07, 6.45) is 8.34. The van der Waals surface area contributed by atoms with Crippen molar-refractivity contribution in [3.05, 3.63) is 11.6 Å². The summed E-state index contributed by atoms with van der Waals surface area (Å²) in [4.78, 5) is 24.8. The van der Waals surface area contributed by atoms with Gasteiger partial charge in [-0.05, 0) is 97.2 Å². The number of carbonyl (C=O) groups excluding carboxylic acids is 1. The Balaban J connectivity index is 1.59. The third kappa shape index (κ3) is 3.57. The minimum Gasteiger partial charge on any atom is -0.481 e. The van der Waals surface area contributed by atoms with Crippen LogP contribution in [-0.2, 0) is 14.3 Å². The number of ether oxygens (including phenoxy) is 1. The first-order valence-corrected chi connectivity index (χ1v) is 14.9. The molecule has 0 radical (unpaired) electrons. The van der Waals surface area contributed by atoms with Crippen LogP contribution in [0.25, 0.3) is 0 Å². The van der Waals surface area contributed by atoms with Crippen LogP contribution in [-0.4, -0.2) is 46.1 Å². The lowest BCUT2D eigenvalue weighted by molar-refractivity contribution is -0.232. The summed E-state index contributed by atoms with van der Waals surface area (Å²) in [6.45, 7) is 14.9. The number of hydrogen-bond acceptors (Lipinski definition) is 5. The third-order valence-corrected chi connectivity index (χ3v) is 13.1. The van der Waals surface area contributed by atoms with E-state index in [4.69, 9.17) is 4.74 Å². The van der Waals surface area contributed by atoms with Crippen molar-refractivity contribution in [3.63, 3.8) is 0 Å². The lowest BCUT2D eigenvalue weighted by Crippen LogP contribution is -2.68. The van der Waals surface area contributed by atoms with E-state index in [0.717, 1.165) is 32.1 Å². The first-order valence-electron chi connectivity index (χ1n) is 14.9. The van der Waals surface area contributed by atoms with Crippen LogP contribution in [0.3, 0.4) is 0 Å². The molecule has 4 saturated carbocycles. The number of allylic oxidation sites excluding steroid dienone is 2. The van der Waals surface area contributed by atoms with Crippen LogP contribution in [0.15, 0.2) is 11.6 Å². The van der Waals surface area contributed by atoms with E-state index >= 15 is 0 Å². The van der Waals surface area contributed by atoms with Gasteiger partial charge in [0, 0.05) is 12.3 Å². The number of esters is 1. The molecule has 0 aliphatic heterocycles. The lowest BCUT2D eigenvalue weighted by Gasteiger charge is -2.71. The van der Waals surface area contributed by atoms with Gasteiger partial charge in [-0.2, -0.15) is 0 Å². The van der Waals surface area contributed by atoms with E-state index in [1.54, 1.807) is 0 Å². The molecule has 0 heterocycles. The maximum Gasteiger partial charge on any atom is 0.310 e. The van der Waals surface area contributed by atoms with E-state index in [0.29, 0.717) is 25.7 Å². The standard InChI is InChI=1S/C32H50O6/c1-19(34)38-24-10-12-29(5)22(31(24,7)18-33)8-11-28(4)21-9-13-32(26(36)37)15-14-27(2,3)17-23(32)30(21,6)16-20(35)25(28)29/h9,20,22-25,33,35H,8,10-18H2,1-7H3,(H,36,37)/t20?,22-,23+,24+,25+,28+,29+,30-,31+,32-/m1/s1. The highest BCUT2D eigenvalue weighted by molar-refractivity contribution is 5.76. The average Bonchev–Trinajstić information content (AvgIpc) is 2.80. The number of aliphatic hydroxyl groups is 2. The van der Waals surface area contributed by atoms with Crippen molar-refractivity contribution in [3.8, 4) is 0 Å². The topological polar surface area (TPSA) is 104 Å². The Kier molecular flexibility index (Phi) is 6.33. The number of hydrogen-bond donors (Lipinski definition) is 3. The SMILES string of the molecule is CC(=O)O[C@H]1CC[C@@]2(C)[C@@H](CC[C@@]3(C)C4=CC[C@@]5(C(=O)O)CCC(C)(C)C[C@H]5[C@]4(C)CC(O)[C@H]23)[C@]1(C)CO. The summed E-state index contributed by atoms with van der Waals surface area (Å²) in [6, 6.07) is 0. The second-order valence-corrected chi connectivity index (χ2v) is 15.7. The fraction of sp³-hybridized carbons (Fsp3) is 0.875. The van der Waals surface area contributed by atoms with Crippen LogP contribution in [0.5, 0.6) is 0 Å². The van der Waals surface area contributed by atoms with Crippen molar-refractivity contribution < 1.29 is 29.6 Å². The zero-order chi connectivity index (χ0) is 28.1. The fourth-order valence-electron chi connectivity index (χ4n) is 11.5. The van der Waals surface area contributed by atoms with Gasteiger partial charge in [0.05, 0.1) is 18.1 Å². The number of fused-ring (bicyclic) bond motifs is 7. The molecule has 5 rings (SSSR count). The van der Waals surface area contributed by atoms with E-state index in [1.807, 2.05) is 0 Å². The number of carbonyl (C=O) groups is 2. The van der Waals surface area contributed by atoms with E-state index in [-0.39, 0.29) is 58.1 Å². The van der Waals surface area contributed by atoms with E-state index in [9.17, 15) is 24.9 Å².